The highest BCUT2D eigenvalue weighted by Crippen LogP contribution is 2.34. The number of hydrogen-bond acceptors (Lipinski definition) is 11. The summed E-state index contributed by atoms with van der Waals surface area (Å²) in [5.41, 5.74) is 7.26. The molecule has 0 fully saturated rings. The molecule has 18 heteroatoms. The highest BCUT2D eigenvalue weighted by atomic mass is 28.3. The van der Waals surface area contributed by atoms with Crippen molar-refractivity contribution in [2.45, 2.75) is 111 Å². The van der Waals surface area contributed by atoms with Crippen LogP contribution in [-0.4, -0.2) is 99.7 Å². The van der Waals surface area contributed by atoms with E-state index in [-0.39, 0.29) is 22.9 Å². The van der Waals surface area contributed by atoms with Crippen molar-refractivity contribution in [3.05, 3.63) is 59.7 Å². The van der Waals surface area contributed by atoms with Gasteiger partial charge in [0.05, 0.1) is 58.7 Å². The number of aryl methyl sites for hydroxylation is 2. The molecule has 3 N–H and O–H groups in total. The van der Waals surface area contributed by atoms with Crippen molar-refractivity contribution in [3.8, 4) is 0 Å². The summed E-state index contributed by atoms with van der Waals surface area (Å²) in [5, 5.41) is 14.8. The first-order chi connectivity index (χ1) is 28.3. The van der Waals surface area contributed by atoms with Gasteiger partial charge < -0.3 is 34.7 Å². The Balaban J connectivity index is 0.000000188. The normalized spacial score (nSPS) is 14.5. The number of aromatic nitrogens is 10. The summed E-state index contributed by atoms with van der Waals surface area (Å²) in [6, 6.07) is 1.09. The third-order valence-corrected chi connectivity index (χ3v) is 12.1. The predicted molar refractivity (Wildman–Crippen MR) is 237 cm³/mol. The lowest BCUT2D eigenvalue weighted by Gasteiger charge is -2.27. The molecule has 6 aromatic rings. The van der Waals surface area contributed by atoms with Crippen LogP contribution in [0.3, 0.4) is 0 Å². The average molecular weight is 837 g/mol. The number of carbonyl (C=O) groups excluding carboxylic acids is 2. The lowest BCUT2D eigenvalue weighted by Crippen LogP contribution is -2.40. The highest BCUT2D eigenvalue weighted by Gasteiger charge is 2.28. The number of anilines is 4. The van der Waals surface area contributed by atoms with E-state index in [9.17, 15) is 9.59 Å². The van der Waals surface area contributed by atoms with Gasteiger partial charge in [0, 0.05) is 65.3 Å². The monoisotopic (exact) mass is 836 g/mol. The molecule has 2 aliphatic rings. The molecule has 0 saturated heterocycles. The van der Waals surface area contributed by atoms with Crippen molar-refractivity contribution in [3.63, 3.8) is 0 Å². The number of ether oxygens (including phenoxy) is 1. The van der Waals surface area contributed by atoms with Gasteiger partial charge in [-0.2, -0.15) is 10.2 Å². The van der Waals surface area contributed by atoms with Gasteiger partial charge in [-0.25, -0.2) is 19.9 Å². The molecule has 0 spiro atoms. The van der Waals surface area contributed by atoms with Gasteiger partial charge in [0.15, 0.2) is 22.9 Å². The number of aromatic amines is 1. The van der Waals surface area contributed by atoms with E-state index in [2.05, 4.69) is 60.2 Å². The summed E-state index contributed by atoms with van der Waals surface area (Å²) in [6.45, 7) is 21.5. The van der Waals surface area contributed by atoms with E-state index in [0.717, 1.165) is 67.8 Å². The van der Waals surface area contributed by atoms with Gasteiger partial charge in [0.1, 0.15) is 17.8 Å². The lowest BCUT2D eigenvalue weighted by atomic mass is 10.1. The summed E-state index contributed by atoms with van der Waals surface area (Å²) in [7, 11) is 2.74. The van der Waals surface area contributed by atoms with E-state index in [0.29, 0.717) is 46.8 Å². The van der Waals surface area contributed by atoms with Gasteiger partial charge in [-0.1, -0.05) is 19.6 Å². The fourth-order valence-electron chi connectivity index (χ4n) is 7.44. The minimum atomic E-state index is -1.18. The highest BCUT2D eigenvalue weighted by molar-refractivity contribution is 6.76. The van der Waals surface area contributed by atoms with Crippen LogP contribution < -0.4 is 20.4 Å². The summed E-state index contributed by atoms with van der Waals surface area (Å²) in [4.78, 5) is 52.0. The number of H-pyrrole nitrogens is 1. The van der Waals surface area contributed by atoms with E-state index in [1.807, 2.05) is 88.2 Å². The molecule has 0 aromatic carbocycles. The average Bonchev–Trinajstić information content (AvgIpc) is 3.96. The third kappa shape index (κ3) is 9.38. The van der Waals surface area contributed by atoms with Crippen LogP contribution >= 0.6 is 0 Å². The van der Waals surface area contributed by atoms with Crippen molar-refractivity contribution in [1.29, 1.82) is 0 Å². The smallest absolute Gasteiger partial charge is 0.255 e. The standard InChI is InChI=1S/C24H37N7O2Si.C18H23N7O/c1-24(2,3)28-23(32)17-15-30(16-33-11-12-34(5,6)7)22-21(17)27-20(14-25-22)31-10-8-9-18-19(31)13-26-29(18)4;1-18(2,3)23-17(26)11-8-19-16-15(11)22-14(10-20-16)25-7-5-6-12-13(25)9-21-24(12)4/h13-15H,8-12,16H2,1-7H3,(H,28,32);8-10H,5-7H2,1-4H3,(H,19,20)(H,23,26). The first-order valence-electron chi connectivity index (χ1n) is 20.8. The van der Waals surface area contributed by atoms with Gasteiger partial charge in [-0.3, -0.25) is 19.0 Å². The molecular formula is C42H60N14O3Si. The number of rotatable bonds is 9. The Morgan fingerprint density at radius 3 is 1.85 bits per heavy atom. The first kappa shape index (κ1) is 42.5. The molecule has 0 unspecified atom stereocenters. The van der Waals surface area contributed by atoms with Crippen molar-refractivity contribution in [2.24, 2.45) is 14.1 Å². The van der Waals surface area contributed by atoms with E-state index in [4.69, 9.17) is 19.7 Å². The van der Waals surface area contributed by atoms with Gasteiger partial charge >= 0.3 is 0 Å². The van der Waals surface area contributed by atoms with E-state index >= 15 is 0 Å². The van der Waals surface area contributed by atoms with Crippen LogP contribution in [0.4, 0.5) is 23.0 Å². The van der Waals surface area contributed by atoms with Crippen LogP contribution in [-0.2, 0) is 38.4 Å². The molecule has 0 bridgehead atoms. The van der Waals surface area contributed by atoms with Crippen molar-refractivity contribution in [1.82, 2.24) is 59.7 Å². The second kappa shape index (κ2) is 16.4. The molecule has 0 aliphatic carbocycles. The number of fused-ring (bicyclic) bond motifs is 4. The first-order valence-corrected chi connectivity index (χ1v) is 24.5. The van der Waals surface area contributed by atoms with Gasteiger partial charge in [-0.05, 0) is 73.3 Å². The molecule has 2 amide bonds. The number of amides is 2. The zero-order valence-corrected chi connectivity index (χ0v) is 38.0. The Hall–Kier alpha value is -5.62. The molecule has 8 heterocycles. The van der Waals surface area contributed by atoms with Crippen LogP contribution in [0.5, 0.6) is 0 Å². The SMILES string of the molecule is Cn1ncc2c1CCCN2c1cnc2[nH]cc(C(=O)NC(C)(C)C)c2n1.Cn1ncc2c1CCCN2c1cnc2c(n1)c(C(=O)NC(C)(C)C)cn2COCC[Si](C)(C)C. The molecule has 17 nitrogen and oxygen atoms in total. The van der Waals surface area contributed by atoms with Crippen molar-refractivity contribution < 1.29 is 14.3 Å². The zero-order chi connectivity index (χ0) is 43.1. The fourth-order valence-corrected chi connectivity index (χ4v) is 8.20. The molecule has 8 rings (SSSR count). The molecule has 320 valence electrons. The second-order valence-electron chi connectivity index (χ2n) is 19.0. The van der Waals surface area contributed by atoms with E-state index in [1.54, 1.807) is 18.6 Å². The van der Waals surface area contributed by atoms with Gasteiger partial charge in [-0.15, -0.1) is 0 Å². The summed E-state index contributed by atoms with van der Waals surface area (Å²) in [5.74, 6) is 1.14. The maximum Gasteiger partial charge on any atom is 0.255 e. The Morgan fingerprint density at radius 2 is 1.30 bits per heavy atom. The Labute approximate surface area is 352 Å². The Kier molecular flexibility index (Phi) is 11.6. The van der Waals surface area contributed by atoms with Crippen molar-refractivity contribution >= 4 is 65.2 Å². The summed E-state index contributed by atoms with van der Waals surface area (Å²) in [6.07, 6.45) is 14.8. The molecule has 0 atom stereocenters. The summed E-state index contributed by atoms with van der Waals surface area (Å²) >= 11 is 0. The number of nitrogens with one attached hydrogen (secondary N) is 3. The summed E-state index contributed by atoms with van der Waals surface area (Å²) < 4.78 is 11.7. The second-order valence-corrected chi connectivity index (χ2v) is 24.6. The largest absolute Gasteiger partial charge is 0.361 e. The van der Waals surface area contributed by atoms with Crippen LogP contribution in [0, 0.1) is 0 Å². The maximum absolute atomic E-state index is 13.2. The van der Waals surface area contributed by atoms with E-state index < -0.39 is 8.07 Å². The van der Waals surface area contributed by atoms with Gasteiger partial charge in [0.25, 0.3) is 11.8 Å². The fraction of sp³-hybridized carbons (Fsp3) is 0.524. The number of carbonyl (C=O) groups is 2. The molecule has 0 radical (unpaired) electrons. The van der Waals surface area contributed by atoms with Crippen molar-refractivity contribution in [2.75, 3.05) is 29.5 Å². The topological polar surface area (TPSA) is 182 Å². The molecule has 60 heavy (non-hydrogen) atoms. The maximum atomic E-state index is 13.2. The predicted octanol–water partition coefficient (Wildman–Crippen LogP) is 6.39. The molecule has 2 aliphatic heterocycles. The Morgan fingerprint density at radius 1 is 0.767 bits per heavy atom. The van der Waals surface area contributed by atoms with Crippen LogP contribution in [0.1, 0.15) is 86.5 Å². The molecular weight excluding hydrogens is 777 g/mol. The van der Waals surface area contributed by atoms with Crippen LogP contribution in [0.15, 0.2) is 37.2 Å². The van der Waals surface area contributed by atoms with Crippen LogP contribution in [0.25, 0.3) is 22.3 Å². The molecule has 0 saturated carbocycles. The number of hydrogen-bond donors (Lipinski definition) is 3. The Bertz CT molecular complexity index is 2510. The zero-order valence-electron chi connectivity index (χ0n) is 37.0. The lowest BCUT2D eigenvalue weighted by molar-refractivity contribution is 0.0884. The molecule has 6 aromatic heterocycles. The quantitative estimate of drug-likeness (QED) is 0.108. The van der Waals surface area contributed by atoms with Crippen LogP contribution in [0.2, 0.25) is 25.7 Å². The third-order valence-electron chi connectivity index (χ3n) is 10.4. The van der Waals surface area contributed by atoms with Gasteiger partial charge in [0.2, 0.25) is 0 Å². The van der Waals surface area contributed by atoms with E-state index in [1.165, 1.54) is 11.4 Å². The number of nitrogens with zero attached hydrogens (tertiary/aromatic N) is 11. The minimum Gasteiger partial charge on any atom is -0.361 e. The minimum absolute atomic E-state index is 0.157.